The second kappa shape index (κ2) is 8.73. The van der Waals surface area contributed by atoms with Gasteiger partial charge in [0.05, 0.1) is 11.2 Å². The fourth-order valence-corrected chi connectivity index (χ4v) is 3.73. The van der Waals surface area contributed by atoms with E-state index in [9.17, 15) is 9.18 Å². The molecule has 1 amide bonds. The summed E-state index contributed by atoms with van der Waals surface area (Å²) in [4.78, 5) is 20.8. The van der Waals surface area contributed by atoms with Gasteiger partial charge < -0.3 is 0 Å². The molecule has 0 aliphatic heterocycles. The van der Waals surface area contributed by atoms with Gasteiger partial charge in [0, 0.05) is 11.7 Å². The molecule has 0 spiro atoms. The van der Waals surface area contributed by atoms with E-state index >= 15 is 0 Å². The lowest BCUT2D eigenvalue weighted by Gasteiger charge is -2.06. The Morgan fingerprint density at radius 3 is 2.81 bits per heavy atom. The highest BCUT2D eigenvalue weighted by Crippen LogP contribution is 2.25. The molecule has 0 fully saturated rings. The molecule has 3 rings (SSSR count). The Hall–Kier alpha value is -2.10. The highest BCUT2D eigenvalue weighted by atomic mass is 35.5. The Kier molecular flexibility index (Phi) is 6.35. The number of rotatable bonds is 6. The number of nitrogens with one attached hydrogen (secondary N) is 1. The summed E-state index contributed by atoms with van der Waals surface area (Å²) in [6.45, 7) is 3.99. The molecule has 0 unspecified atom stereocenters. The minimum Gasteiger partial charge on any atom is -0.295 e. The minimum absolute atomic E-state index is 0.0315. The summed E-state index contributed by atoms with van der Waals surface area (Å²) in [7, 11) is 0. The van der Waals surface area contributed by atoms with E-state index in [4.69, 9.17) is 11.6 Å². The van der Waals surface area contributed by atoms with Crippen LogP contribution in [0, 0.1) is 5.82 Å². The van der Waals surface area contributed by atoms with Gasteiger partial charge in [-0.05, 0) is 11.6 Å². The average Bonchev–Trinajstić information content (AvgIpc) is 3.11. The van der Waals surface area contributed by atoms with Crippen LogP contribution in [0.3, 0.4) is 0 Å². The lowest BCUT2D eigenvalue weighted by atomic mass is 10.2. The maximum atomic E-state index is 13.7. The first kappa shape index (κ1) is 19.7. The third-order valence-corrected chi connectivity index (χ3v) is 5.73. The monoisotopic (exact) mass is 423 g/mol. The van der Waals surface area contributed by atoms with Crippen molar-refractivity contribution in [2.24, 2.45) is 0 Å². The molecular formula is C17H15ClFN5OS2. The molecule has 27 heavy (non-hydrogen) atoms. The molecule has 1 aromatic carbocycles. The van der Waals surface area contributed by atoms with Crippen molar-refractivity contribution in [3.63, 3.8) is 0 Å². The predicted octanol–water partition coefficient (Wildman–Crippen LogP) is 4.79. The summed E-state index contributed by atoms with van der Waals surface area (Å²) in [5.74, 6) is -0.239. The fraction of sp³-hybridized carbons (Fsp3) is 0.235. The number of aromatic nitrogens is 4. The van der Waals surface area contributed by atoms with Gasteiger partial charge in [0.25, 0.3) is 5.91 Å². The standard InChI is InChI=1S/C17H15ClFN5OS2/c1-9(2)15-23-24-17(27-15)22-14(25)13-11(18)7-20-16(21-13)26-8-10-5-3-4-6-12(10)19/h3-7,9H,8H2,1-2H3,(H,22,24,25). The molecule has 1 N–H and O–H groups in total. The zero-order chi connectivity index (χ0) is 19.4. The zero-order valence-corrected chi connectivity index (χ0v) is 16.8. The molecule has 0 atom stereocenters. The summed E-state index contributed by atoms with van der Waals surface area (Å²) in [5.41, 5.74) is 0.561. The van der Waals surface area contributed by atoms with Gasteiger partial charge in [0.1, 0.15) is 10.8 Å². The van der Waals surface area contributed by atoms with E-state index in [0.717, 1.165) is 5.01 Å². The first-order valence-corrected chi connectivity index (χ1v) is 10.2. The first-order chi connectivity index (χ1) is 12.9. The molecule has 0 radical (unpaired) electrons. The molecule has 10 heteroatoms. The van der Waals surface area contributed by atoms with Crippen LogP contribution in [-0.2, 0) is 5.75 Å². The van der Waals surface area contributed by atoms with Crippen LogP contribution in [0.2, 0.25) is 5.02 Å². The fourth-order valence-electron chi connectivity index (χ4n) is 2.01. The van der Waals surface area contributed by atoms with Gasteiger partial charge in [-0.3, -0.25) is 10.1 Å². The van der Waals surface area contributed by atoms with Crippen LogP contribution in [0.25, 0.3) is 0 Å². The maximum Gasteiger partial charge on any atom is 0.277 e. The summed E-state index contributed by atoms with van der Waals surface area (Å²) in [6, 6.07) is 6.47. The van der Waals surface area contributed by atoms with Crippen LogP contribution in [0.5, 0.6) is 0 Å². The third-order valence-electron chi connectivity index (χ3n) is 3.41. The average molecular weight is 424 g/mol. The van der Waals surface area contributed by atoms with E-state index in [-0.39, 0.29) is 22.5 Å². The number of carbonyl (C=O) groups excluding carboxylic acids is 1. The van der Waals surface area contributed by atoms with Crippen molar-refractivity contribution >= 4 is 45.7 Å². The summed E-state index contributed by atoms with van der Waals surface area (Å²) in [5, 5.41) is 12.3. The summed E-state index contributed by atoms with van der Waals surface area (Å²) >= 11 is 8.58. The Bertz CT molecular complexity index is 966. The van der Waals surface area contributed by atoms with Crippen molar-refractivity contribution < 1.29 is 9.18 Å². The molecule has 140 valence electrons. The quantitative estimate of drug-likeness (QED) is 0.453. The van der Waals surface area contributed by atoms with Crippen LogP contribution in [-0.4, -0.2) is 26.1 Å². The van der Waals surface area contributed by atoms with Crippen molar-refractivity contribution in [1.82, 2.24) is 20.2 Å². The zero-order valence-electron chi connectivity index (χ0n) is 14.4. The van der Waals surface area contributed by atoms with Crippen LogP contribution >= 0.6 is 34.7 Å². The lowest BCUT2D eigenvalue weighted by molar-refractivity contribution is 0.102. The molecule has 0 aliphatic rings. The van der Waals surface area contributed by atoms with Crippen molar-refractivity contribution in [2.45, 2.75) is 30.7 Å². The topological polar surface area (TPSA) is 80.7 Å². The number of halogens is 2. The second-order valence-electron chi connectivity index (χ2n) is 5.78. The van der Waals surface area contributed by atoms with Gasteiger partial charge in [0.15, 0.2) is 10.9 Å². The van der Waals surface area contributed by atoms with Gasteiger partial charge >= 0.3 is 0 Å². The smallest absolute Gasteiger partial charge is 0.277 e. The highest BCUT2D eigenvalue weighted by molar-refractivity contribution is 7.98. The summed E-state index contributed by atoms with van der Waals surface area (Å²) < 4.78 is 13.7. The van der Waals surface area contributed by atoms with E-state index in [2.05, 4.69) is 25.5 Å². The van der Waals surface area contributed by atoms with E-state index in [1.54, 1.807) is 18.2 Å². The SMILES string of the molecule is CC(C)c1nnc(NC(=O)c2nc(SCc3ccccc3F)ncc2Cl)s1. The molecule has 6 nitrogen and oxygen atoms in total. The Balaban J connectivity index is 1.72. The normalized spacial score (nSPS) is 11.0. The molecule has 2 heterocycles. The minimum atomic E-state index is -0.499. The second-order valence-corrected chi connectivity index (χ2v) is 8.14. The van der Waals surface area contributed by atoms with Gasteiger partial charge in [-0.15, -0.1) is 10.2 Å². The van der Waals surface area contributed by atoms with E-state index in [1.165, 1.54) is 35.4 Å². The van der Waals surface area contributed by atoms with Gasteiger partial charge in [0.2, 0.25) is 5.13 Å². The first-order valence-electron chi connectivity index (χ1n) is 7.97. The molecule has 3 aromatic rings. The van der Waals surface area contributed by atoms with E-state index < -0.39 is 5.91 Å². The van der Waals surface area contributed by atoms with Crippen molar-refractivity contribution in [1.29, 1.82) is 0 Å². The third kappa shape index (κ3) is 5.00. The lowest BCUT2D eigenvalue weighted by Crippen LogP contribution is -2.15. The van der Waals surface area contributed by atoms with Gasteiger partial charge in [-0.1, -0.05) is 66.7 Å². The Labute approximate surface area is 168 Å². The molecule has 0 aliphatic carbocycles. The molecular weight excluding hydrogens is 409 g/mol. The van der Waals surface area contributed by atoms with Gasteiger partial charge in [-0.2, -0.15) is 0 Å². The number of anilines is 1. The summed E-state index contributed by atoms with van der Waals surface area (Å²) in [6.07, 6.45) is 1.35. The number of hydrogen-bond donors (Lipinski definition) is 1. The van der Waals surface area contributed by atoms with Crippen molar-refractivity contribution in [3.05, 3.63) is 57.6 Å². The number of amides is 1. The van der Waals surface area contributed by atoms with Crippen molar-refractivity contribution in [2.75, 3.05) is 5.32 Å². The Morgan fingerprint density at radius 1 is 1.33 bits per heavy atom. The van der Waals surface area contributed by atoms with E-state index in [1.807, 2.05) is 13.8 Å². The van der Waals surface area contributed by atoms with Crippen LogP contribution < -0.4 is 5.32 Å². The maximum absolute atomic E-state index is 13.7. The van der Waals surface area contributed by atoms with Crippen LogP contribution in [0.1, 0.15) is 40.8 Å². The van der Waals surface area contributed by atoms with Gasteiger partial charge in [-0.25, -0.2) is 14.4 Å². The highest BCUT2D eigenvalue weighted by Gasteiger charge is 2.17. The number of benzene rings is 1. The number of thioether (sulfide) groups is 1. The molecule has 2 aromatic heterocycles. The number of carbonyl (C=O) groups is 1. The largest absolute Gasteiger partial charge is 0.295 e. The molecule has 0 saturated heterocycles. The molecule has 0 saturated carbocycles. The number of nitrogens with zero attached hydrogens (tertiary/aromatic N) is 4. The van der Waals surface area contributed by atoms with Crippen LogP contribution in [0.4, 0.5) is 9.52 Å². The van der Waals surface area contributed by atoms with Crippen LogP contribution in [0.15, 0.2) is 35.6 Å². The molecule has 0 bridgehead atoms. The van der Waals surface area contributed by atoms with Crippen molar-refractivity contribution in [3.8, 4) is 0 Å². The Morgan fingerprint density at radius 2 is 2.11 bits per heavy atom. The predicted molar refractivity (Wildman–Crippen MR) is 105 cm³/mol. The van der Waals surface area contributed by atoms with E-state index in [0.29, 0.717) is 21.6 Å². The number of hydrogen-bond acceptors (Lipinski definition) is 7.